The van der Waals surface area contributed by atoms with Gasteiger partial charge < -0.3 is 14.6 Å². The second-order valence-electron chi connectivity index (χ2n) is 7.52. The van der Waals surface area contributed by atoms with Crippen molar-refractivity contribution < 1.29 is 9.53 Å². The zero-order valence-corrected chi connectivity index (χ0v) is 19.3. The van der Waals surface area contributed by atoms with Crippen LogP contribution in [0.5, 0.6) is 5.75 Å². The van der Waals surface area contributed by atoms with E-state index in [1.54, 1.807) is 0 Å². The first-order chi connectivity index (χ1) is 15.6. The number of nitrogens with zero attached hydrogens (tertiary/aromatic N) is 3. The van der Waals surface area contributed by atoms with Crippen LogP contribution in [0.2, 0.25) is 0 Å². The lowest BCUT2D eigenvalue weighted by Gasteiger charge is -2.12. The number of anilines is 1. The van der Waals surface area contributed by atoms with Gasteiger partial charge in [-0.2, -0.15) is 0 Å². The largest absolute Gasteiger partial charge is 0.485 e. The summed E-state index contributed by atoms with van der Waals surface area (Å²) in [5, 5.41) is 14.4. The Bertz CT molecular complexity index is 1230. The zero-order chi connectivity index (χ0) is 22.5. The molecule has 1 heterocycles. The van der Waals surface area contributed by atoms with Gasteiger partial charge in [-0.25, -0.2) is 0 Å². The van der Waals surface area contributed by atoms with Crippen molar-refractivity contribution in [2.75, 3.05) is 11.1 Å². The van der Waals surface area contributed by atoms with E-state index in [9.17, 15) is 4.79 Å². The van der Waals surface area contributed by atoms with E-state index in [-0.39, 0.29) is 11.7 Å². The highest BCUT2D eigenvalue weighted by molar-refractivity contribution is 7.99. The molecule has 0 aliphatic rings. The van der Waals surface area contributed by atoms with Crippen molar-refractivity contribution in [1.29, 1.82) is 0 Å². The number of carbonyl (C=O) groups is 1. The first-order valence-electron chi connectivity index (χ1n) is 10.6. The van der Waals surface area contributed by atoms with Gasteiger partial charge in [0, 0.05) is 17.6 Å². The van der Waals surface area contributed by atoms with Gasteiger partial charge in [-0.15, -0.1) is 10.2 Å². The minimum absolute atomic E-state index is 0.0784. The van der Waals surface area contributed by atoms with E-state index >= 15 is 0 Å². The summed E-state index contributed by atoms with van der Waals surface area (Å²) in [5.74, 6) is 1.79. The van der Waals surface area contributed by atoms with E-state index < -0.39 is 0 Å². The SMILES string of the molecule is CCn1c(COc2c(C)cccc2C)nnc1SCC(=O)Nc1cccc2ccccc12. The maximum atomic E-state index is 12.6. The average molecular weight is 447 g/mol. The third-order valence-corrected chi connectivity index (χ3v) is 6.23. The minimum atomic E-state index is -0.0784. The zero-order valence-electron chi connectivity index (χ0n) is 18.5. The van der Waals surface area contributed by atoms with Crippen LogP contribution < -0.4 is 10.1 Å². The molecule has 0 aliphatic carbocycles. The highest BCUT2D eigenvalue weighted by Crippen LogP contribution is 2.25. The Morgan fingerprint density at radius 3 is 2.50 bits per heavy atom. The molecule has 0 spiro atoms. The monoisotopic (exact) mass is 446 g/mol. The maximum absolute atomic E-state index is 12.6. The lowest BCUT2D eigenvalue weighted by atomic mass is 10.1. The predicted molar refractivity (Wildman–Crippen MR) is 129 cm³/mol. The second kappa shape index (κ2) is 9.87. The summed E-state index contributed by atoms with van der Waals surface area (Å²) in [6, 6.07) is 20.0. The first-order valence-corrected chi connectivity index (χ1v) is 11.6. The molecule has 1 aromatic heterocycles. The van der Waals surface area contributed by atoms with E-state index in [0.29, 0.717) is 18.3 Å². The molecule has 164 valence electrons. The summed E-state index contributed by atoms with van der Waals surface area (Å²) in [6.07, 6.45) is 0. The van der Waals surface area contributed by atoms with Crippen LogP contribution in [0.1, 0.15) is 23.9 Å². The number of para-hydroxylation sites is 1. The van der Waals surface area contributed by atoms with Crippen LogP contribution >= 0.6 is 11.8 Å². The van der Waals surface area contributed by atoms with Gasteiger partial charge in [-0.3, -0.25) is 4.79 Å². The number of amides is 1. The van der Waals surface area contributed by atoms with Crippen molar-refractivity contribution in [3.63, 3.8) is 0 Å². The van der Waals surface area contributed by atoms with Crippen molar-refractivity contribution in [3.05, 3.63) is 77.6 Å². The van der Waals surface area contributed by atoms with Crippen LogP contribution in [0.3, 0.4) is 0 Å². The minimum Gasteiger partial charge on any atom is -0.485 e. The summed E-state index contributed by atoms with van der Waals surface area (Å²) in [7, 11) is 0. The Morgan fingerprint density at radius 2 is 1.72 bits per heavy atom. The van der Waals surface area contributed by atoms with Gasteiger partial charge in [0.15, 0.2) is 11.0 Å². The van der Waals surface area contributed by atoms with Crippen LogP contribution in [-0.4, -0.2) is 26.4 Å². The fraction of sp³-hybridized carbons (Fsp3) is 0.240. The number of nitrogens with one attached hydrogen (secondary N) is 1. The number of hydrogen-bond acceptors (Lipinski definition) is 5. The van der Waals surface area contributed by atoms with Crippen molar-refractivity contribution in [1.82, 2.24) is 14.8 Å². The van der Waals surface area contributed by atoms with E-state index in [1.165, 1.54) is 11.8 Å². The summed E-state index contributed by atoms with van der Waals surface area (Å²) in [4.78, 5) is 12.6. The summed E-state index contributed by atoms with van der Waals surface area (Å²) in [5.41, 5.74) is 2.99. The Labute approximate surface area is 192 Å². The number of fused-ring (bicyclic) bond motifs is 1. The van der Waals surface area contributed by atoms with E-state index in [1.807, 2.05) is 86.0 Å². The third kappa shape index (κ3) is 4.78. The molecule has 0 atom stereocenters. The average Bonchev–Trinajstić information content (AvgIpc) is 3.19. The smallest absolute Gasteiger partial charge is 0.234 e. The number of hydrogen-bond donors (Lipinski definition) is 1. The number of benzene rings is 3. The van der Waals surface area contributed by atoms with Gasteiger partial charge in [0.2, 0.25) is 5.91 Å². The van der Waals surface area contributed by atoms with Gasteiger partial charge in [-0.05, 0) is 43.4 Å². The van der Waals surface area contributed by atoms with Crippen LogP contribution in [0, 0.1) is 13.8 Å². The summed E-state index contributed by atoms with van der Waals surface area (Å²) >= 11 is 1.37. The van der Waals surface area contributed by atoms with Gasteiger partial charge in [0.25, 0.3) is 0 Å². The molecule has 3 aromatic carbocycles. The number of aromatic nitrogens is 3. The van der Waals surface area contributed by atoms with Crippen molar-refractivity contribution in [3.8, 4) is 5.75 Å². The van der Waals surface area contributed by atoms with Gasteiger partial charge >= 0.3 is 0 Å². The maximum Gasteiger partial charge on any atom is 0.234 e. The molecule has 32 heavy (non-hydrogen) atoms. The van der Waals surface area contributed by atoms with Gasteiger partial charge in [-0.1, -0.05) is 66.4 Å². The number of ether oxygens (including phenoxy) is 1. The van der Waals surface area contributed by atoms with Crippen molar-refractivity contribution in [2.45, 2.75) is 39.1 Å². The third-order valence-electron chi connectivity index (χ3n) is 5.26. The van der Waals surface area contributed by atoms with E-state index in [4.69, 9.17) is 4.74 Å². The van der Waals surface area contributed by atoms with Gasteiger partial charge in [0.05, 0.1) is 5.75 Å². The summed E-state index contributed by atoms with van der Waals surface area (Å²) < 4.78 is 8.03. The number of aryl methyl sites for hydroxylation is 2. The highest BCUT2D eigenvalue weighted by atomic mass is 32.2. The van der Waals surface area contributed by atoms with Crippen LogP contribution in [0.15, 0.2) is 65.8 Å². The van der Waals surface area contributed by atoms with Crippen molar-refractivity contribution >= 4 is 34.1 Å². The number of rotatable bonds is 8. The summed E-state index contributed by atoms with van der Waals surface area (Å²) in [6.45, 7) is 7.12. The molecule has 1 amide bonds. The highest BCUT2D eigenvalue weighted by Gasteiger charge is 2.15. The number of thioether (sulfide) groups is 1. The quantitative estimate of drug-likeness (QED) is 0.368. The lowest BCUT2D eigenvalue weighted by Crippen LogP contribution is -2.15. The molecule has 0 radical (unpaired) electrons. The topological polar surface area (TPSA) is 69.0 Å². The molecule has 1 N–H and O–H groups in total. The Morgan fingerprint density at radius 1 is 1.00 bits per heavy atom. The Balaban J connectivity index is 1.40. The molecule has 0 unspecified atom stereocenters. The molecule has 4 aromatic rings. The molecule has 0 saturated carbocycles. The molecule has 4 rings (SSSR count). The molecule has 0 fully saturated rings. The molecular weight excluding hydrogens is 420 g/mol. The van der Waals surface area contributed by atoms with Gasteiger partial charge in [0.1, 0.15) is 12.4 Å². The standard InChI is InChI=1S/C25H26N4O2S/c1-4-29-22(15-31-24-17(2)9-7-10-18(24)3)27-28-25(29)32-16-23(30)26-21-14-8-12-19-11-5-6-13-20(19)21/h5-14H,4,15-16H2,1-3H3,(H,26,30). The molecule has 0 saturated heterocycles. The fourth-order valence-corrected chi connectivity index (χ4v) is 4.49. The van der Waals surface area contributed by atoms with Crippen LogP contribution in [-0.2, 0) is 17.9 Å². The molecule has 0 aliphatic heterocycles. The fourth-order valence-electron chi connectivity index (χ4n) is 3.66. The molecule has 0 bridgehead atoms. The first kappa shape index (κ1) is 21.9. The number of carbonyl (C=O) groups excluding carboxylic acids is 1. The van der Waals surface area contributed by atoms with E-state index in [0.717, 1.165) is 39.2 Å². The normalized spacial score (nSPS) is 11.0. The van der Waals surface area contributed by atoms with Crippen LogP contribution in [0.25, 0.3) is 10.8 Å². The molecule has 7 heteroatoms. The molecular formula is C25H26N4O2S. The lowest BCUT2D eigenvalue weighted by molar-refractivity contribution is -0.113. The second-order valence-corrected chi connectivity index (χ2v) is 8.46. The van der Waals surface area contributed by atoms with Crippen LogP contribution in [0.4, 0.5) is 5.69 Å². The van der Waals surface area contributed by atoms with Crippen molar-refractivity contribution in [2.24, 2.45) is 0 Å². The Kier molecular flexibility index (Phi) is 6.75. The molecule has 6 nitrogen and oxygen atoms in total. The predicted octanol–water partition coefficient (Wildman–Crippen LogP) is 5.38. The van der Waals surface area contributed by atoms with E-state index in [2.05, 4.69) is 15.5 Å². The Hall–Kier alpha value is -3.32.